The predicted octanol–water partition coefficient (Wildman–Crippen LogP) is 3.32. The van der Waals surface area contributed by atoms with Gasteiger partial charge in [-0.3, -0.25) is 0 Å². The smallest absolute Gasteiger partial charge is 0.358 e. The van der Waals surface area contributed by atoms with Gasteiger partial charge in [0.25, 0.3) is 0 Å². The molecule has 1 aromatic carbocycles. The Morgan fingerprint density at radius 3 is 2.71 bits per heavy atom. The maximum atomic E-state index is 11.4. The van der Waals surface area contributed by atoms with Crippen LogP contribution in [0.5, 0.6) is 0 Å². The molecular weight excluding hydrogens is 266 g/mol. The van der Waals surface area contributed by atoms with Crippen LogP contribution in [0.2, 0.25) is 0 Å². The second kappa shape index (κ2) is 5.31. The van der Waals surface area contributed by atoms with Crippen molar-refractivity contribution >= 4 is 22.6 Å². The molecule has 0 radical (unpaired) electrons. The van der Waals surface area contributed by atoms with Gasteiger partial charge in [0.2, 0.25) is 0 Å². The van der Waals surface area contributed by atoms with Gasteiger partial charge in [0, 0.05) is 11.9 Å². The summed E-state index contributed by atoms with van der Waals surface area (Å²) in [6, 6.07) is 7.49. The molecule has 1 aliphatic rings. The van der Waals surface area contributed by atoms with Crippen molar-refractivity contribution in [1.82, 2.24) is 10.2 Å². The quantitative estimate of drug-likeness (QED) is 0.901. The van der Waals surface area contributed by atoms with Gasteiger partial charge in [-0.1, -0.05) is 38.0 Å². The number of anilines is 1. The summed E-state index contributed by atoms with van der Waals surface area (Å²) in [5, 5.41) is 21.3. The number of benzene rings is 1. The molecule has 0 aliphatic heterocycles. The molecule has 1 aromatic heterocycles. The van der Waals surface area contributed by atoms with Gasteiger partial charge in [-0.15, -0.1) is 10.2 Å². The van der Waals surface area contributed by atoms with Crippen molar-refractivity contribution in [3.8, 4) is 0 Å². The fourth-order valence-corrected chi connectivity index (χ4v) is 3.09. The van der Waals surface area contributed by atoms with Crippen molar-refractivity contribution in [2.24, 2.45) is 5.41 Å². The molecule has 2 N–H and O–H groups in total. The third kappa shape index (κ3) is 2.68. The first-order chi connectivity index (χ1) is 10.1. The molecule has 5 heteroatoms. The van der Waals surface area contributed by atoms with Gasteiger partial charge in [0.05, 0.1) is 11.2 Å². The molecular formula is C16H19N3O2. The molecule has 110 valence electrons. The Hall–Kier alpha value is -2.17. The van der Waals surface area contributed by atoms with E-state index in [0.717, 1.165) is 11.9 Å². The van der Waals surface area contributed by atoms with E-state index in [4.69, 9.17) is 0 Å². The lowest BCUT2D eigenvalue weighted by Crippen LogP contribution is -2.24. The Balaban J connectivity index is 1.98. The van der Waals surface area contributed by atoms with Gasteiger partial charge < -0.3 is 10.4 Å². The minimum Gasteiger partial charge on any atom is -0.476 e. The highest BCUT2D eigenvalue weighted by Gasteiger charge is 2.29. The minimum atomic E-state index is -1.05. The van der Waals surface area contributed by atoms with Crippen molar-refractivity contribution in [2.75, 3.05) is 11.9 Å². The first-order valence-corrected chi connectivity index (χ1v) is 7.32. The summed E-state index contributed by atoms with van der Waals surface area (Å²) < 4.78 is 0. The van der Waals surface area contributed by atoms with Crippen LogP contribution in [-0.4, -0.2) is 27.8 Å². The zero-order valence-electron chi connectivity index (χ0n) is 12.1. The third-order valence-corrected chi connectivity index (χ3v) is 4.37. The number of aromatic nitrogens is 2. The third-order valence-electron chi connectivity index (χ3n) is 4.37. The Labute approximate surface area is 123 Å². The van der Waals surface area contributed by atoms with Crippen LogP contribution >= 0.6 is 0 Å². The molecule has 21 heavy (non-hydrogen) atoms. The maximum absolute atomic E-state index is 11.4. The zero-order valence-corrected chi connectivity index (χ0v) is 12.1. The van der Waals surface area contributed by atoms with E-state index in [0.29, 0.717) is 11.2 Å². The maximum Gasteiger partial charge on any atom is 0.358 e. The molecule has 1 aliphatic carbocycles. The highest BCUT2D eigenvalue weighted by Crippen LogP contribution is 2.38. The monoisotopic (exact) mass is 285 g/mol. The molecule has 0 unspecified atom stereocenters. The molecule has 1 saturated carbocycles. The fourth-order valence-electron chi connectivity index (χ4n) is 3.09. The molecule has 0 bridgehead atoms. The number of nitrogens with zero attached hydrogens (tertiary/aromatic N) is 2. The Bertz CT molecular complexity index is 678. The van der Waals surface area contributed by atoms with Gasteiger partial charge >= 0.3 is 5.97 Å². The van der Waals surface area contributed by atoms with Crippen molar-refractivity contribution in [2.45, 2.75) is 32.6 Å². The van der Waals surface area contributed by atoms with E-state index < -0.39 is 5.97 Å². The SMILES string of the molecule is CC1(CNc2c(C(=O)O)nnc3ccccc23)CCCC1. The van der Waals surface area contributed by atoms with Gasteiger partial charge in [-0.05, 0) is 24.3 Å². The van der Waals surface area contributed by atoms with Crippen LogP contribution in [0.1, 0.15) is 43.1 Å². The number of aromatic carboxylic acids is 1. The first-order valence-electron chi connectivity index (χ1n) is 7.32. The number of carbonyl (C=O) groups is 1. The number of carboxylic acid groups (broad SMARTS) is 1. The first kappa shape index (κ1) is 13.8. The summed E-state index contributed by atoms with van der Waals surface area (Å²) in [5.74, 6) is -1.05. The van der Waals surface area contributed by atoms with Crippen molar-refractivity contribution < 1.29 is 9.90 Å². The normalized spacial score (nSPS) is 17.0. The molecule has 2 aromatic rings. The van der Waals surface area contributed by atoms with Gasteiger partial charge in [-0.25, -0.2) is 4.79 Å². The van der Waals surface area contributed by atoms with Crippen LogP contribution in [-0.2, 0) is 0 Å². The molecule has 1 heterocycles. The van der Waals surface area contributed by atoms with Crippen molar-refractivity contribution in [1.29, 1.82) is 0 Å². The van der Waals surface area contributed by atoms with Crippen LogP contribution in [0.25, 0.3) is 10.9 Å². The van der Waals surface area contributed by atoms with Crippen LogP contribution in [0, 0.1) is 5.41 Å². The minimum absolute atomic E-state index is 0.00435. The van der Waals surface area contributed by atoms with Crippen molar-refractivity contribution in [3.63, 3.8) is 0 Å². The predicted molar refractivity (Wildman–Crippen MR) is 81.6 cm³/mol. The Kier molecular flexibility index (Phi) is 3.49. The highest BCUT2D eigenvalue weighted by molar-refractivity contribution is 6.02. The van der Waals surface area contributed by atoms with E-state index in [1.807, 2.05) is 24.3 Å². The van der Waals surface area contributed by atoms with E-state index in [-0.39, 0.29) is 11.1 Å². The summed E-state index contributed by atoms with van der Waals surface area (Å²) in [4.78, 5) is 11.4. The van der Waals surface area contributed by atoms with Crippen LogP contribution in [0.15, 0.2) is 24.3 Å². The van der Waals surface area contributed by atoms with E-state index >= 15 is 0 Å². The van der Waals surface area contributed by atoms with E-state index in [2.05, 4.69) is 22.4 Å². The fraction of sp³-hybridized carbons (Fsp3) is 0.438. The molecule has 5 nitrogen and oxygen atoms in total. The number of fused-ring (bicyclic) bond motifs is 1. The lowest BCUT2D eigenvalue weighted by atomic mass is 9.89. The topological polar surface area (TPSA) is 75.1 Å². The second-order valence-electron chi connectivity index (χ2n) is 6.12. The zero-order chi connectivity index (χ0) is 14.9. The Morgan fingerprint density at radius 2 is 2.00 bits per heavy atom. The second-order valence-corrected chi connectivity index (χ2v) is 6.12. The average Bonchev–Trinajstić information content (AvgIpc) is 2.91. The van der Waals surface area contributed by atoms with Gasteiger partial charge in [0.15, 0.2) is 5.69 Å². The number of hydrogen-bond acceptors (Lipinski definition) is 4. The van der Waals surface area contributed by atoms with E-state index in [1.54, 1.807) is 0 Å². The number of hydrogen-bond donors (Lipinski definition) is 2. The largest absolute Gasteiger partial charge is 0.476 e. The van der Waals surface area contributed by atoms with Crippen LogP contribution in [0.4, 0.5) is 5.69 Å². The van der Waals surface area contributed by atoms with E-state index in [1.165, 1.54) is 25.7 Å². The summed E-state index contributed by atoms with van der Waals surface area (Å²) in [6.07, 6.45) is 4.86. The number of carboxylic acids is 1. The lowest BCUT2D eigenvalue weighted by molar-refractivity contribution is 0.0690. The molecule has 1 fully saturated rings. The standard InChI is InChI=1S/C16H19N3O2/c1-16(8-4-5-9-16)10-17-13-11-6-2-3-7-12(11)18-19-14(13)15(20)21/h2-3,6-7H,4-5,8-10H2,1H3,(H,17,18)(H,20,21). The highest BCUT2D eigenvalue weighted by atomic mass is 16.4. The molecule has 0 atom stereocenters. The van der Waals surface area contributed by atoms with E-state index in [9.17, 15) is 9.90 Å². The van der Waals surface area contributed by atoms with Gasteiger partial charge in [0.1, 0.15) is 0 Å². The van der Waals surface area contributed by atoms with Crippen molar-refractivity contribution in [3.05, 3.63) is 30.0 Å². The van der Waals surface area contributed by atoms with Crippen LogP contribution in [0.3, 0.4) is 0 Å². The number of rotatable bonds is 4. The molecule has 0 saturated heterocycles. The van der Waals surface area contributed by atoms with Crippen LogP contribution < -0.4 is 5.32 Å². The average molecular weight is 285 g/mol. The Morgan fingerprint density at radius 1 is 1.29 bits per heavy atom. The molecule has 3 rings (SSSR count). The summed E-state index contributed by atoms with van der Waals surface area (Å²) in [7, 11) is 0. The lowest BCUT2D eigenvalue weighted by Gasteiger charge is -2.25. The van der Waals surface area contributed by atoms with Gasteiger partial charge in [-0.2, -0.15) is 0 Å². The summed E-state index contributed by atoms with van der Waals surface area (Å²) in [6.45, 7) is 3.02. The summed E-state index contributed by atoms with van der Waals surface area (Å²) >= 11 is 0. The summed E-state index contributed by atoms with van der Waals surface area (Å²) in [5.41, 5.74) is 1.53. The molecule has 0 amide bonds. The molecule has 0 spiro atoms. The number of nitrogens with one attached hydrogen (secondary N) is 1.